The predicted molar refractivity (Wildman–Crippen MR) is 59.5 cm³/mol. The van der Waals surface area contributed by atoms with Gasteiger partial charge in [-0.3, -0.25) is 4.99 Å². The largest absolute Gasteiger partial charge is 0.392 e. The summed E-state index contributed by atoms with van der Waals surface area (Å²) in [7, 11) is 0. The molecule has 0 saturated carbocycles. The molecule has 0 atom stereocenters. The number of nitrogens with zero attached hydrogens (tertiary/aromatic N) is 1. The first-order valence-corrected chi connectivity index (χ1v) is 5.09. The number of aliphatic imine (C=N–C) groups is 1. The molecule has 0 bridgehead atoms. The summed E-state index contributed by atoms with van der Waals surface area (Å²) in [5, 5.41) is 15.3. The molecule has 0 unspecified atom stereocenters. The smallest absolute Gasteiger partial charge is 0.191 e. The molecule has 4 nitrogen and oxygen atoms in total. The summed E-state index contributed by atoms with van der Waals surface area (Å²) in [6, 6.07) is 7.88. The van der Waals surface area contributed by atoms with Crippen molar-refractivity contribution in [2.24, 2.45) is 4.99 Å². The van der Waals surface area contributed by atoms with Gasteiger partial charge in [0.15, 0.2) is 5.96 Å². The first kappa shape index (κ1) is 9.98. The van der Waals surface area contributed by atoms with E-state index in [1.54, 1.807) is 0 Å². The van der Waals surface area contributed by atoms with Crippen molar-refractivity contribution >= 4 is 5.96 Å². The van der Waals surface area contributed by atoms with Crippen LogP contribution in [0.1, 0.15) is 11.1 Å². The third-order valence-corrected chi connectivity index (χ3v) is 2.31. The van der Waals surface area contributed by atoms with E-state index in [4.69, 9.17) is 5.11 Å². The first-order chi connectivity index (χ1) is 7.38. The van der Waals surface area contributed by atoms with Gasteiger partial charge in [0.05, 0.1) is 13.2 Å². The van der Waals surface area contributed by atoms with Crippen LogP contribution in [0.25, 0.3) is 0 Å². The number of rotatable bonds is 3. The Labute approximate surface area is 89.0 Å². The number of hydrogen-bond acceptors (Lipinski definition) is 4. The van der Waals surface area contributed by atoms with E-state index in [-0.39, 0.29) is 6.61 Å². The number of benzene rings is 1. The summed E-state index contributed by atoms with van der Waals surface area (Å²) >= 11 is 0. The van der Waals surface area contributed by atoms with Crippen molar-refractivity contribution in [3.05, 3.63) is 35.4 Å². The molecule has 0 amide bonds. The van der Waals surface area contributed by atoms with Gasteiger partial charge in [0, 0.05) is 13.1 Å². The average molecular weight is 205 g/mol. The van der Waals surface area contributed by atoms with Crippen molar-refractivity contribution in [2.75, 3.05) is 13.1 Å². The Hall–Kier alpha value is -1.55. The lowest BCUT2D eigenvalue weighted by molar-refractivity contribution is 0.281. The number of hydrogen-bond donors (Lipinski definition) is 3. The molecular formula is C11H15N3O. The molecule has 0 aromatic heterocycles. The zero-order valence-corrected chi connectivity index (χ0v) is 8.53. The van der Waals surface area contributed by atoms with E-state index in [9.17, 15) is 0 Å². The van der Waals surface area contributed by atoms with Crippen LogP contribution in [-0.2, 0) is 13.2 Å². The second-order valence-corrected chi connectivity index (χ2v) is 3.49. The summed E-state index contributed by atoms with van der Waals surface area (Å²) in [4.78, 5) is 4.24. The van der Waals surface area contributed by atoms with Gasteiger partial charge in [-0.15, -0.1) is 0 Å². The number of guanidine groups is 1. The maximum absolute atomic E-state index is 8.99. The molecule has 1 aromatic carbocycles. The minimum Gasteiger partial charge on any atom is -0.392 e. The summed E-state index contributed by atoms with van der Waals surface area (Å²) < 4.78 is 0. The van der Waals surface area contributed by atoms with Gasteiger partial charge in [0.1, 0.15) is 0 Å². The van der Waals surface area contributed by atoms with Gasteiger partial charge in [0.2, 0.25) is 0 Å². The average Bonchev–Trinajstić information content (AvgIpc) is 2.79. The highest BCUT2D eigenvalue weighted by atomic mass is 16.3. The fourth-order valence-electron chi connectivity index (χ4n) is 1.54. The van der Waals surface area contributed by atoms with E-state index >= 15 is 0 Å². The van der Waals surface area contributed by atoms with Crippen LogP contribution in [0.2, 0.25) is 0 Å². The van der Waals surface area contributed by atoms with Gasteiger partial charge in [-0.25, -0.2) is 0 Å². The number of nitrogens with one attached hydrogen (secondary N) is 2. The quantitative estimate of drug-likeness (QED) is 0.662. The molecule has 3 N–H and O–H groups in total. The molecule has 0 saturated heterocycles. The summed E-state index contributed by atoms with van der Waals surface area (Å²) in [6.07, 6.45) is 0. The molecule has 15 heavy (non-hydrogen) atoms. The Morgan fingerprint density at radius 3 is 3.00 bits per heavy atom. The summed E-state index contributed by atoms with van der Waals surface area (Å²) in [6.45, 7) is 2.59. The molecule has 1 aromatic rings. The van der Waals surface area contributed by atoms with E-state index in [0.29, 0.717) is 0 Å². The van der Waals surface area contributed by atoms with Crippen LogP contribution in [0.4, 0.5) is 0 Å². The highest BCUT2D eigenvalue weighted by Gasteiger charge is 2.03. The van der Waals surface area contributed by atoms with E-state index in [1.165, 1.54) is 0 Å². The molecule has 1 aliphatic rings. The van der Waals surface area contributed by atoms with E-state index in [1.807, 2.05) is 24.3 Å². The van der Waals surface area contributed by atoms with Crippen LogP contribution in [-0.4, -0.2) is 24.2 Å². The molecular weight excluding hydrogens is 190 g/mol. The fourth-order valence-corrected chi connectivity index (χ4v) is 1.54. The number of aliphatic hydroxyl groups is 1. The molecule has 1 aliphatic heterocycles. The van der Waals surface area contributed by atoms with Gasteiger partial charge >= 0.3 is 0 Å². The van der Waals surface area contributed by atoms with Crippen LogP contribution < -0.4 is 10.6 Å². The Bertz CT molecular complexity index is 363. The highest BCUT2D eigenvalue weighted by Crippen LogP contribution is 2.04. The molecule has 4 heteroatoms. The monoisotopic (exact) mass is 205 g/mol. The Morgan fingerprint density at radius 2 is 2.27 bits per heavy atom. The van der Waals surface area contributed by atoms with Crippen molar-refractivity contribution in [3.63, 3.8) is 0 Å². The third kappa shape index (κ3) is 2.70. The molecule has 0 radical (unpaired) electrons. The van der Waals surface area contributed by atoms with Crippen LogP contribution in [0.15, 0.2) is 29.3 Å². The maximum atomic E-state index is 8.99. The zero-order valence-electron chi connectivity index (χ0n) is 8.53. The number of aliphatic hydroxyl groups excluding tert-OH is 1. The van der Waals surface area contributed by atoms with Crippen molar-refractivity contribution in [3.8, 4) is 0 Å². The predicted octanol–water partition coefficient (Wildman–Crippen LogP) is 0.228. The van der Waals surface area contributed by atoms with E-state index in [0.717, 1.165) is 36.7 Å². The van der Waals surface area contributed by atoms with Crippen LogP contribution in [0, 0.1) is 0 Å². The normalized spacial score (nSPS) is 14.6. The SMILES string of the molecule is OCc1cccc(CNC2=NCCN2)c1. The van der Waals surface area contributed by atoms with Gasteiger partial charge in [-0.05, 0) is 11.1 Å². The van der Waals surface area contributed by atoms with E-state index in [2.05, 4.69) is 15.6 Å². The fraction of sp³-hybridized carbons (Fsp3) is 0.364. The molecule has 0 fully saturated rings. The third-order valence-electron chi connectivity index (χ3n) is 2.31. The Balaban J connectivity index is 1.92. The van der Waals surface area contributed by atoms with E-state index < -0.39 is 0 Å². The maximum Gasteiger partial charge on any atom is 0.191 e. The minimum absolute atomic E-state index is 0.0903. The lowest BCUT2D eigenvalue weighted by atomic mass is 10.1. The standard InChI is InChI=1S/C11H15N3O/c15-8-10-3-1-2-9(6-10)7-14-11-12-4-5-13-11/h1-3,6,15H,4-5,7-8H2,(H2,12,13,14). The summed E-state index contributed by atoms with van der Waals surface area (Å²) in [5.41, 5.74) is 2.09. The van der Waals surface area contributed by atoms with Gasteiger partial charge in [0.25, 0.3) is 0 Å². The molecule has 2 rings (SSSR count). The molecule has 0 aliphatic carbocycles. The Kier molecular flexibility index (Phi) is 3.19. The van der Waals surface area contributed by atoms with Crippen LogP contribution >= 0.6 is 0 Å². The lowest BCUT2D eigenvalue weighted by Crippen LogP contribution is -2.33. The van der Waals surface area contributed by atoms with Crippen molar-refractivity contribution in [1.82, 2.24) is 10.6 Å². The second kappa shape index (κ2) is 4.79. The van der Waals surface area contributed by atoms with Gasteiger partial charge < -0.3 is 15.7 Å². The molecule has 80 valence electrons. The minimum atomic E-state index is 0.0903. The van der Waals surface area contributed by atoms with Crippen molar-refractivity contribution in [2.45, 2.75) is 13.2 Å². The zero-order chi connectivity index (χ0) is 10.5. The summed E-state index contributed by atoms with van der Waals surface area (Å²) in [5.74, 6) is 0.865. The highest BCUT2D eigenvalue weighted by molar-refractivity contribution is 5.81. The Morgan fingerprint density at radius 1 is 1.40 bits per heavy atom. The van der Waals surface area contributed by atoms with Gasteiger partial charge in [-0.1, -0.05) is 24.3 Å². The molecule has 0 spiro atoms. The van der Waals surface area contributed by atoms with Gasteiger partial charge in [-0.2, -0.15) is 0 Å². The van der Waals surface area contributed by atoms with Crippen molar-refractivity contribution < 1.29 is 5.11 Å². The second-order valence-electron chi connectivity index (χ2n) is 3.49. The molecule has 1 heterocycles. The first-order valence-electron chi connectivity index (χ1n) is 5.09. The van der Waals surface area contributed by atoms with Crippen LogP contribution in [0.5, 0.6) is 0 Å². The van der Waals surface area contributed by atoms with Crippen LogP contribution in [0.3, 0.4) is 0 Å². The van der Waals surface area contributed by atoms with Crippen molar-refractivity contribution in [1.29, 1.82) is 0 Å². The lowest BCUT2D eigenvalue weighted by Gasteiger charge is -2.07. The topological polar surface area (TPSA) is 56.6 Å².